The fourth-order valence-corrected chi connectivity index (χ4v) is 2.82. The predicted molar refractivity (Wildman–Crippen MR) is 80.4 cm³/mol. The predicted octanol–water partition coefficient (Wildman–Crippen LogP) is 0.109. The number of ether oxygens (including phenoxy) is 2. The number of H-pyrrole nitrogens is 1. The number of aromatic amines is 1. The van der Waals surface area contributed by atoms with Crippen LogP contribution in [-0.4, -0.2) is 62.7 Å². The molecule has 3 rings (SSSR count). The molecule has 1 aromatic heterocycles. The molecule has 1 fully saturated rings. The van der Waals surface area contributed by atoms with Crippen LogP contribution in [-0.2, 0) is 4.74 Å². The Kier molecular flexibility index (Phi) is 4.40. The van der Waals surface area contributed by atoms with Crippen LogP contribution in [0.2, 0.25) is 0 Å². The van der Waals surface area contributed by atoms with Crippen molar-refractivity contribution in [3.05, 3.63) is 28.9 Å². The highest BCUT2D eigenvalue weighted by molar-refractivity contribution is 9.10. The van der Waals surface area contributed by atoms with Crippen LogP contribution in [0.5, 0.6) is 5.75 Å². The normalized spacial score (nSPS) is 32.3. The number of benzene rings is 1. The fraction of sp³-hybridized carbons (Fsp3) is 0.429. The Morgan fingerprint density at radius 1 is 1.18 bits per heavy atom. The van der Waals surface area contributed by atoms with Crippen molar-refractivity contribution < 1.29 is 29.9 Å². The first-order valence-corrected chi connectivity index (χ1v) is 7.54. The van der Waals surface area contributed by atoms with Crippen molar-refractivity contribution in [1.82, 2.24) is 4.98 Å². The maximum absolute atomic E-state index is 9.99. The van der Waals surface area contributed by atoms with Crippen molar-refractivity contribution in [3.63, 3.8) is 0 Å². The van der Waals surface area contributed by atoms with Gasteiger partial charge in [-0.3, -0.25) is 0 Å². The van der Waals surface area contributed by atoms with Gasteiger partial charge in [0.25, 0.3) is 0 Å². The molecule has 22 heavy (non-hydrogen) atoms. The summed E-state index contributed by atoms with van der Waals surface area (Å²) in [6, 6.07) is 5.57. The van der Waals surface area contributed by atoms with Crippen LogP contribution < -0.4 is 4.74 Å². The maximum Gasteiger partial charge on any atom is 0.229 e. The van der Waals surface area contributed by atoms with Crippen LogP contribution in [0, 0.1) is 0 Å². The van der Waals surface area contributed by atoms with Gasteiger partial charge in [0.05, 0.1) is 6.61 Å². The number of fused-ring (bicyclic) bond motifs is 1. The van der Waals surface area contributed by atoms with E-state index in [1.165, 1.54) is 0 Å². The van der Waals surface area contributed by atoms with Crippen LogP contribution in [0.4, 0.5) is 0 Å². The van der Waals surface area contributed by atoms with E-state index >= 15 is 0 Å². The van der Waals surface area contributed by atoms with Gasteiger partial charge in [0.1, 0.15) is 30.2 Å². The zero-order valence-electron chi connectivity index (χ0n) is 11.4. The molecule has 0 spiro atoms. The van der Waals surface area contributed by atoms with Crippen molar-refractivity contribution in [1.29, 1.82) is 0 Å². The van der Waals surface area contributed by atoms with Gasteiger partial charge in [-0.05, 0) is 18.2 Å². The molecular formula is C14H16BrNO6. The zero-order chi connectivity index (χ0) is 15.9. The first kappa shape index (κ1) is 15.7. The minimum Gasteiger partial charge on any atom is -0.460 e. The first-order chi connectivity index (χ1) is 10.5. The summed E-state index contributed by atoms with van der Waals surface area (Å²) in [4.78, 5) is 3.02. The average Bonchev–Trinajstić information content (AvgIpc) is 2.90. The molecule has 2 aromatic rings. The molecule has 0 aliphatic carbocycles. The number of hydrogen-bond acceptors (Lipinski definition) is 6. The molecule has 1 saturated heterocycles. The van der Waals surface area contributed by atoms with Crippen molar-refractivity contribution in [2.24, 2.45) is 0 Å². The molecule has 8 heteroatoms. The second kappa shape index (κ2) is 6.15. The van der Waals surface area contributed by atoms with E-state index < -0.39 is 37.3 Å². The Morgan fingerprint density at radius 3 is 2.68 bits per heavy atom. The largest absolute Gasteiger partial charge is 0.460 e. The van der Waals surface area contributed by atoms with Crippen LogP contribution in [0.25, 0.3) is 10.9 Å². The lowest BCUT2D eigenvalue weighted by molar-refractivity contribution is -0.277. The van der Waals surface area contributed by atoms with Crippen LogP contribution >= 0.6 is 15.9 Å². The number of aromatic nitrogens is 1. The van der Waals surface area contributed by atoms with Gasteiger partial charge in [-0.1, -0.05) is 15.9 Å². The van der Waals surface area contributed by atoms with Crippen molar-refractivity contribution in [3.8, 4) is 5.75 Å². The zero-order valence-corrected chi connectivity index (χ0v) is 13.0. The van der Waals surface area contributed by atoms with Crippen LogP contribution in [0.3, 0.4) is 0 Å². The molecule has 0 unspecified atom stereocenters. The maximum atomic E-state index is 9.99. The molecule has 7 nitrogen and oxygen atoms in total. The fourth-order valence-electron chi connectivity index (χ4n) is 2.45. The van der Waals surface area contributed by atoms with Crippen LogP contribution in [0.15, 0.2) is 28.9 Å². The minimum atomic E-state index is -1.46. The standard InChI is InChI=1S/C14H16BrNO6/c15-6-1-2-8-7(3-6)9(4-16-8)21-14-13(20)12(19)11(18)10(5-17)22-14/h1-4,10-14,16-20H,5H2/t10-,11+,12-,13-,14-/m1/s1. The van der Waals surface area contributed by atoms with Gasteiger partial charge >= 0.3 is 0 Å². The summed E-state index contributed by atoms with van der Waals surface area (Å²) in [6.07, 6.45) is -4.90. The molecule has 2 heterocycles. The van der Waals surface area contributed by atoms with E-state index in [2.05, 4.69) is 20.9 Å². The average molecular weight is 374 g/mol. The lowest BCUT2D eigenvalue weighted by Gasteiger charge is -2.39. The van der Waals surface area contributed by atoms with Crippen LogP contribution in [0.1, 0.15) is 0 Å². The molecule has 1 aromatic carbocycles. The van der Waals surface area contributed by atoms with E-state index in [9.17, 15) is 20.4 Å². The molecular weight excluding hydrogens is 358 g/mol. The summed E-state index contributed by atoms with van der Waals surface area (Å²) < 4.78 is 11.8. The highest BCUT2D eigenvalue weighted by atomic mass is 79.9. The summed E-state index contributed by atoms with van der Waals surface area (Å²) >= 11 is 3.37. The Balaban J connectivity index is 1.85. The van der Waals surface area contributed by atoms with Crippen molar-refractivity contribution >= 4 is 26.8 Å². The summed E-state index contributed by atoms with van der Waals surface area (Å²) in [6.45, 7) is -0.496. The number of aliphatic hydroxyl groups excluding tert-OH is 4. The van der Waals surface area contributed by atoms with E-state index in [0.29, 0.717) is 5.75 Å². The van der Waals surface area contributed by atoms with E-state index in [1.807, 2.05) is 18.2 Å². The summed E-state index contributed by atoms with van der Waals surface area (Å²) in [5, 5.41) is 39.4. The SMILES string of the molecule is OC[C@H]1O[C@@H](Oc2c[nH]c3ccc(Br)cc23)[C@H](O)[C@H](O)[C@H]1O. The smallest absolute Gasteiger partial charge is 0.229 e. The second-order valence-corrected chi connectivity index (χ2v) is 6.07. The van der Waals surface area contributed by atoms with E-state index in [0.717, 1.165) is 15.4 Å². The number of nitrogens with one attached hydrogen (secondary N) is 1. The topological polar surface area (TPSA) is 115 Å². The molecule has 0 saturated carbocycles. The van der Waals surface area contributed by atoms with Gasteiger partial charge in [0, 0.05) is 21.6 Å². The molecule has 0 radical (unpaired) electrons. The second-order valence-electron chi connectivity index (χ2n) is 5.16. The molecule has 120 valence electrons. The Morgan fingerprint density at radius 2 is 1.95 bits per heavy atom. The molecule has 1 aliphatic rings. The number of rotatable bonds is 3. The molecule has 5 N–H and O–H groups in total. The highest BCUT2D eigenvalue weighted by Gasteiger charge is 2.44. The Bertz CT molecular complexity index is 660. The van der Waals surface area contributed by atoms with E-state index in [4.69, 9.17) is 9.47 Å². The van der Waals surface area contributed by atoms with Gasteiger partial charge in [0.15, 0.2) is 0 Å². The molecule has 0 amide bonds. The summed E-state index contributed by atoms with van der Waals surface area (Å²) in [5.74, 6) is 0.431. The summed E-state index contributed by atoms with van der Waals surface area (Å²) in [7, 11) is 0. The lowest BCUT2D eigenvalue weighted by Crippen LogP contribution is -2.60. The highest BCUT2D eigenvalue weighted by Crippen LogP contribution is 2.31. The third kappa shape index (κ3) is 2.73. The molecule has 5 atom stereocenters. The Hall–Kier alpha value is -1.16. The number of aliphatic hydroxyl groups is 4. The number of hydrogen-bond donors (Lipinski definition) is 5. The third-order valence-corrected chi connectivity index (χ3v) is 4.19. The monoisotopic (exact) mass is 373 g/mol. The third-order valence-electron chi connectivity index (χ3n) is 3.70. The van der Waals surface area contributed by atoms with Crippen molar-refractivity contribution in [2.45, 2.75) is 30.7 Å². The molecule has 1 aliphatic heterocycles. The minimum absolute atomic E-state index is 0.431. The number of halogens is 1. The Labute approximate surface area is 134 Å². The quantitative estimate of drug-likeness (QED) is 0.521. The van der Waals surface area contributed by atoms with Gasteiger partial charge < -0.3 is 34.9 Å². The van der Waals surface area contributed by atoms with Gasteiger partial charge in [0.2, 0.25) is 6.29 Å². The van der Waals surface area contributed by atoms with Gasteiger partial charge in [-0.15, -0.1) is 0 Å². The van der Waals surface area contributed by atoms with Gasteiger partial charge in [-0.25, -0.2) is 0 Å². The van der Waals surface area contributed by atoms with E-state index in [-0.39, 0.29) is 0 Å². The van der Waals surface area contributed by atoms with Gasteiger partial charge in [-0.2, -0.15) is 0 Å². The summed E-state index contributed by atoms with van der Waals surface area (Å²) in [5.41, 5.74) is 0.836. The lowest BCUT2D eigenvalue weighted by atomic mass is 9.99. The van der Waals surface area contributed by atoms with E-state index in [1.54, 1.807) is 6.20 Å². The first-order valence-electron chi connectivity index (χ1n) is 6.75. The molecule has 0 bridgehead atoms. The van der Waals surface area contributed by atoms with Crippen molar-refractivity contribution in [2.75, 3.05) is 6.61 Å².